The molecule has 2 rings (SSSR count). The second-order valence-corrected chi connectivity index (χ2v) is 6.22. The average molecular weight is 368 g/mol. The van der Waals surface area contributed by atoms with Crippen LogP contribution in [0.5, 0.6) is 0 Å². The van der Waals surface area contributed by atoms with E-state index < -0.39 is 18.0 Å². The van der Waals surface area contributed by atoms with Gasteiger partial charge in [0, 0.05) is 11.3 Å². The molecule has 1 atom stereocenters. The molecule has 0 saturated carbocycles. The Bertz CT molecular complexity index is 815. The highest BCUT2D eigenvalue weighted by molar-refractivity contribution is 5.97. The minimum absolute atomic E-state index is 0.310. The number of ether oxygens (including phenoxy) is 1. The molecule has 0 saturated heterocycles. The third kappa shape index (κ3) is 6.26. The number of benzene rings is 2. The summed E-state index contributed by atoms with van der Waals surface area (Å²) in [5.41, 5.74) is 3.20. The number of hydrogen-bond acceptors (Lipinski definition) is 4. The second-order valence-electron chi connectivity index (χ2n) is 6.22. The lowest BCUT2D eigenvalue weighted by Gasteiger charge is -2.14. The van der Waals surface area contributed by atoms with Gasteiger partial charge in [0.05, 0.1) is 0 Å². The Balaban J connectivity index is 1.80. The first-order chi connectivity index (χ1) is 12.9. The Hall–Kier alpha value is -3.15. The fraction of sp³-hybridized carbons (Fsp3) is 0.286. The van der Waals surface area contributed by atoms with Gasteiger partial charge in [-0.25, -0.2) is 0 Å². The Kier molecular flexibility index (Phi) is 7.11. The van der Waals surface area contributed by atoms with E-state index >= 15 is 0 Å². The highest BCUT2D eigenvalue weighted by Gasteiger charge is 2.18. The molecule has 0 aliphatic heterocycles. The SMILES string of the molecule is CCc1ccc(NC(=O)[C@@H](C)OC(=O)CNC(=O)c2cccc(C)c2)cc1. The quantitative estimate of drug-likeness (QED) is 0.736. The van der Waals surface area contributed by atoms with Crippen LogP contribution in [0.4, 0.5) is 5.69 Å². The van der Waals surface area contributed by atoms with Crippen molar-refractivity contribution >= 4 is 23.5 Å². The zero-order valence-electron chi connectivity index (χ0n) is 15.7. The molecular formula is C21H24N2O4. The van der Waals surface area contributed by atoms with Gasteiger partial charge < -0.3 is 15.4 Å². The molecule has 0 aliphatic rings. The van der Waals surface area contributed by atoms with Crippen molar-refractivity contribution in [2.45, 2.75) is 33.3 Å². The van der Waals surface area contributed by atoms with E-state index in [-0.39, 0.29) is 12.5 Å². The van der Waals surface area contributed by atoms with Gasteiger partial charge in [-0.3, -0.25) is 14.4 Å². The molecule has 2 aromatic carbocycles. The van der Waals surface area contributed by atoms with Crippen LogP contribution in [0.1, 0.15) is 35.3 Å². The van der Waals surface area contributed by atoms with Crippen molar-refractivity contribution in [2.75, 3.05) is 11.9 Å². The predicted molar refractivity (Wildman–Crippen MR) is 104 cm³/mol. The maximum absolute atomic E-state index is 12.1. The topological polar surface area (TPSA) is 84.5 Å². The van der Waals surface area contributed by atoms with Crippen molar-refractivity contribution in [3.8, 4) is 0 Å². The van der Waals surface area contributed by atoms with Gasteiger partial charge in [-0.1, -0.05) is 36.8 Å². The number of carbonyl (C=O) groups excluding carboxylic acids is 3. The molecule has 0 bridgehead atoms. The number of anilines is 1. The largest absolute Gasteiger partial charge is 0.451 e. The number of aryl methyl sites for hydroxylation is 2. The Morgan fingerprint density at radius 2 is 1.78 bits per heavy atom. The average Bonchev–Trinajstić information content (AvgIpc) is 2.66. The van der Waals surface area contributed by atoms with E-state index in [0.717, 1.165) is 17.5 Å². The number of hydrogen-bond donors (Lipinski definition) is 2. The first-order valence-corrected chi connectivity index (χ1v) is 8.83. The van der Waals surface area contributed by atoms with E-state index in [2.05, 4.69) is 10.6 Å². The standard InChI is InChI=1S/C21H24N2O4/c1-4-16-8-10-18(11-9-16)23-20(25)15(3)27-19(24)13-22-21(26)17-7-5-6-14(2)12-17/h5-12,15H,4,13H2,1-3H3,(H,22,26)(H,23,25)/t15-/m1/s1. The van der Waals surface area contributed by atoms with Crippen molar-refractivity contribution in [1.82, 2.24) is 5.32 Å². The van der Waals surface area contributed by atoms with Gasteiger partial charge >= 0.3 is 5.97 Å². The molecule has 0 aromatic heterocycles. The van der Waals surface area contributed by atoms with Crippen LogP contribution in [0.2, 0.25) is 0 Å². The second kappa shape index (κ2) is 9.52. The summed E-state index contributed by atoms with van der Waals surface area (Å²) in [7, 11) is 0. The maximum Gasteiger partial charge on any atom is 0.326 e. The highest BCUT2D eigenvalue weighted by atomic mass is 16.5. The molecular weight excluding hydrogens is 344 g/mol. The summed E-state index contributed by atoms with van der Waals surface area (Å²) in [5, 5.41) is 5.18. The minimum Gasteiger partial charge on any atom is -0.451 e. The molecule has 2 amide bonds. The van der Waals surface area contributed by atoms with Gasteiger partial charge in [-0.15, -0.1) is 0 Å². The Morgan fingerprint density at radius 3 is 2.41 bits per heavy atom. The lowest BCUT2D eigenvalue weighted by Crippen LogP contribution is -2.35. The van der Waals surface area contributed by atoms with Crippen LogP contribution in [0.3, 0.4) is 0 Å². The molecule has 0 unspecified atom stereocenters. The van der Waals surface area contributed by atoms with E-state index in [1.165, 1.54) is 6.92 Å². The van der Waals surface area contributed by atoms with Gasteiger partial charge in [-0.2, -0.15) is 0 Å². The van der Waals surface area contributed by atoms with Gasteiger partial charge in [0.25, 0.3) is 11.8 Å². The van der Waals surface area contributed by atoms with Crippen LogP contribution in [-0.4, -0.2) is 30.4 Å². The molecule has 142 valence electrons. The summed E-state index contributed by atoms with van der Waals surface area (Å²) < 4.78 is 5.07. The number of esters is 1. The van der Waals surface area contributed by atoms with Gasteiger partial charge in [-0.05, 0) is 50.1 Å². The molecule has 2 aromatic rings. The lowest BCUT2D eigenvalue weighted by atomic mass is 10.1. The van der Waals surface area contributed by atoms with Gasteiger partial charge in [0.1, 0.15) is 6.54 Å². The minimum atomic E-state index is -0.973. The van der Waals surface area contributed by atoms with Crippen molar-refractivity contribution in [1.29, 1.82) is 0 Å². The van der Waals surface area contributed by atoms with Crippen molar-refractivity contribution in [2.24, 2.45) is 0 Å². The summed E-state index contributed by atoms with van der Waals surface area (Å²) in [6.07, 6.45) is -0.0597. The summed E-state index contributed by atoms with van der Waals surface area (Å²) in [4.78, 5) is 36.0. The van der Waals surface area contributed by atoms with Crippen LogP contribution in [0.25, 0.3) is 0 Å². The van der Waals surface area contributed by atoms with E-state index in [1.54, 1.807) is 30.3 Å². The van der Waals surface area contributed by atoms with Crippen LogP contribution < -0.4 is 10.6 Å². The molecule has 2 N–H and O–H groups in total. The normalized spacial score (nSPS) is 11.4. The predicted octanol–water partition coefficient (Wildman–Crippen LogP) is 2.86. The smallest absolute Gasteiger partial charge is 0.326 e. The van der Waals surface area contributed by atoms with Crippen LogP contribution in [0, 0.1) is 6.92 Å². The van der Waals surface area contributed by atoms with Gasteiger partial charge in [0.2, 0.25) is 0 Å². The third-order valence-electron chi connectivity index (χ3n) is 3.98. The molecule has 0 radical (unpaired) electrons. The van der Waals surface area contributed by atoms with Crippen LogP contribution >= 0.6 is 0 Å². The third-order valence-corrected chi connectivity index (χ3v) is 3.98. The van der Waals surface area contributed by atoms with Gasteiger partial charge in [0.15, 0.2) is 6.10 Å². The van der Waals surface area contributed by atoms with Crippen molar-refractivity contribution < 1.29 is 19.1 Å². The number of amides is 2. The Morgan fingerprint density at radius 1 is 1.07 bits per heavy atom. The summed E-state index contributed by atoms with van der Waals surface area (Å²) in [6.45, 7) is 5.10. The maximum atomic E-state index is 12.1. The van der Waals surface area contributed by atoms with E-state index in [4.69, 9.17) is 4.74 Å². The van der Waals surface area contributed by atoms with Crippen molar-refractivity contribution in [3.63, 3.8) is 0 Å². The molecule has 0 spiro atoms. The molecule has 6 nitrogen and oxygen atoms in total. The zero-order valence-corrected chi connectivity index (χ0v) is 15.7. The lowest BCUT2D eigenvalue weighted by molar-refractivity contribution is -0.152. The van der Waals surface area contributed by atoms with Crippen molar-refractivity contribution in [3.05, 3.63) is 65.2 Å². The van der Waals surface area contributed by atoms with E-state index in [9.17, 15) is 14.4 Å². The number of rotatable bonds is 7. The molecule has 6 heteroatoms. The summed E-state index contributed by atoms with van der Waals surface area (Å²) >= 11 is 0. The Labute approximate surface area is 158 Å². The molecule has 0 heterocycles. The number of nitrogens with one attached hydrogen (secondary N) is 2. The number of carbonyl (C=O) groups is 3. The van der Waals surface area contributed by atoms with Crippen LogP contribution in [-0.2, 0) is 20.7 Å². The fourth-order valence-corrected chi connectivity index (χ4v) is 2.40. The highest BCUT2D eigenvalue weighted by Crippen LogP contribution is 2.11. The first-order valence-electron chi connectivity index (χ1n) is 8.83. The zero-order chi connectivity index (χ0) is 19.8. The first kappa shape index (κ1) is 20.2. The summed E-state index contributed by atoms with van der Waals surface area (Å²) in [5.74, 6) is -1.48. The van der Waals surface area contributed by atoms with E-state index in [0.29, 0.717) is 11.3 Å². The molecule has 27 heavy (non-hydrogen) atoms. The summed E-state index contributed by atoms with van der Waals surface area (Å²) in [6, 6.07) is 14.5. The molecule has 0 aliphatic carbocycles. The van der Waals surface area contributed by atoms with E-state index in [1.807, 2.05) is 32.0 Å². The molecule has 0 fully saturated rings. The fourth-order valence-electron chi connectivity index (χ4n) is 2.40. The van der Waals surface area contributed by atoms with Crippen LogP contribution in [0.15, 0.2) is 48.5 Å². The monoisotopic (exact) mass is 368 g/mol.